The third-order valence-electron chi connectivity index (χ3n) is 6.06. The van der Waals surface area contributed by atoms with Crippen LogP contribution in [0.1, 0.15) is 37.7 Å². The van der Waals surface area contributed by atoms with Gasteiger partial charge in [0.1, 0.15) is 23.1 Å². The Hall–Kier alpha value is -4.32. The summed E-state index contributed by atoms with van der Waals surface area (Å²) in [4.78, 5) is 24.3. The Kier molecular flexibility index (Phi) is 8.98. The van der Waals surface area contributed by atoms with Crippen LogP contribution in [0.5, 0.6) is 11.5 Å². The van der Waals surface area contributed by atoms with Gasteiger partial charge in [-0.05, 0) is 72.9 Å². The quantitative estimate of drug-likeness (QED) is 0.122. The molecule has 4 aromatic rings. The first kappa shape index (κ1) is 26.7. The average molecular weight is 515 g/mol. The van der Waals surface area contributed by atoms with Gasteiger partial charge in [0.05, 0.1) is 0 Å². The van der Waals surface area contributed by atoms with Gasteiger partial charge in [-0.3, -0.25) is 9.59 Å². The van der Waals surface area contributed by atoms with Crippen molar-refractivity contribution in [3.8, 4) is 33.8 Å². The lowest BCUT2D eigenvalue weighted by Crippen LogP contribution is -2.09. The largest absolute Gasteiger partial charge is 0.427 e. The lowest BCUT2D eigenvalue weighted by Gasteiger charge is -2.08. The maximum Gasteiger partial charge on any atom is 0.311 e. The van der Waals surface area contributed by atoms with Crippen LogP contribution in [0.15, 0.2) is 91.0 Å². The third kappa shape index (κ3) is 7.59. The summed E-state index contributed by atoms with van der Waals surface area (Å²) in [6.07, 6.45) is 2.15. The minimum Gasteiger partial charge on any atom is -0.427 e. The number of aryl methyl sites for hydroxylation is 1. The van der Waals surface area contributed by atoms with E-state index in [4.69, 9.17) is 9.47 Å². The second kappa shape index (κ2) is 12.8. The van der Waals surface area contributed by atoms with Gasteiger partial charge in [0, 0.05) is 24.5 Å². The molecule has 4 nitrogen and oxygen atoms in total. The molecular weight excluding hydrogens is 486 g/mol. The van der Waals surface area contributed by atoms with Crippen LogP contribution in [0, 0.1) is 18.6 Å². The Morgan fingerprint density at radius 3 is 1.68 bits per heavy atom. The van der Waals surface area contributed by atoms with E-state index in [1.807, 2.05) is 19.1 Å². The molecule has 0 amide bonds. The average Bonchev–Trinajstić information content (AvgIpc) is 2.90. The molecule has 0 aliphatic heterocycles. The van der Waals surface area contributed by atoms with Crippen molar-refractivity contribution in [2.45, 2.75) is 39.0 Å². The molecule has 0 N–H and O–H groups in total. The monoisotopic (exact) mass is 514 g/mol. The van der Waals surface area contributed by atoms with Crippen LogP contribution in [0.25, 0.3) is 22.3 Å². The molecule has 6 heteroatoms. The Bertz CT molecular complexity index is 1380. The molecule has 0 saturated carbocycles. The highest BCUT2D eigenvalue weighted by atomic mass is 19.1. The third-order valence-corrected chi connectivity index (χ3v) is 6.06. The molecule has 0 saturated heterocycles. The molecule has 0 aliphatic carbocycles. The first-order chi connectivity index (χ1) is 18.4. The van der Waals surface area contributed by atoms with Gasteiger partial charge in [-0.1, -0.05) is 60.5 Å². The van der Waals surface area contributed by atoms with E-state index in [2.05, 4.69) is 24.3 Å². The number of benzene rings is 4. The summed E-state index contributed by atoms with van der Waals surface area (Å²) in [5.41, 5.74) is 4.15. The molecule has 0 aliphatic rings. The molecule has 0 fully saturated rings. The van der Waals surface area contributed by atoms with Crippen molar-refractivity contribution in [1.82, 2.24) is 0 Å². The number of ether oxygens (including phenoxy) is 2. The number of halogens is 2. The summed E-state index contributed by atoms with van der Waals surface area (Å²) in [5.74, 6) is -1.17. The van der Waals surface area contributed by atoms with Crippen molar-refractivity contribution in [3.63, 3.8) is 0 Å². The van der Waals surface area contributed by atoms with Crippen LogP contribution in [-0.4, -0.2) is 11.9 Å². The Morgan fingerprint density at radius 1 is 0.605 bits per heavy atom. The number of esters is 2. The van der Waals surface area contributed by atoms with Crippen LogP contribution in [0.4, 0.5) is 8.78 Å². The fourth-order valence-electron chi connectivity index (χ4n) is 3.96. The topological polar surface area (TPSA) is 52.6 Å². The second-order valence-corrected chi connectivity index (χ2v) is 9.05. The lowest BCUT2D eigenvalue weighted by atomic mass is 10.0. The van der Waals surface area contributed by atoms with Crippen LogP contribution in [-0.2, 0) is 9.59 Å². The van der Waals surface area contributed by atoms with Crippen molar-refractivity contribution >= 4 is 11.9 Å². The number of carbonyl (C=O) groups is 2. The van der Waals surface area contributed by atoms with E-state index in [-0.39, 0.29) is 24.6 Å². The summed E-state index contributed by atoms with van der Waals surface area (Å²) in [6.45, 7) is 2.04. The normalized spacial score (nSPS) is 10.7. The molecule has 4 rings (SSSR count). The zero-order valence-electron chi connectivity index (χ0n) is 21.1. The lowest BCUT2D eigenvalue weighted by molar-refractivity contribution is -0.134. The van der Waals surface area contributed by atoms with Gasteiger partial charge < -0.3 is 9.47 Å². The smallest absolute Gasteiger partial charge is 0.311 e. The highest BCUT2D eigenvalue weighted by Crippen LogP contribution is 2.27. The summed E-state index contributed by atoms with van der Waals surface area (Å²) in [6, 6.07) is 25.2. The molecule has 0 unspecified atom stereocenters. The molecular formula is C32H28F2O4. The maximum absolute atomic E-state index is 14.5. The first-order valence-electron chi connectivity index (χ1n) is 12.5. The van der Waals surface area contributed by atoms with E-state index in [1.54, 1.807) is 12.1 Å². The van der Waals surface area contributed by atoms with Crippen molar-refractivity contribution in [1.29, 1.82) is 0 Å². The molecule has 0 aromatic heterocycles. The SMILES string of the molecule is Cc1ccc(-c2ccc(OC(=O)CCCCCC(=O)Oc3ccc(-c4ccc(F)cc4)c(F)c3)cc2)cc1. The first-order valence-corrected chi connectivity index (χ1v) is 12.5. The standard InChI is InChI=1S/C32H28F2O4/c1-22-7-9-23(10-8-22)24-13-17-27(18-14-24)37-31(35)5-3-2-4-6-32(36)38-28-19-20-29(30(34)21-28)25-11-15-26(33)16-12-25/h7-21H,2-6H2,1H3. The van der Waals surface area contributed by atoms with E-state index in [1.165, 1.54) is 42.0 Å². The van der Waals surface area contributed by atoms with Gasteiger partial charge in [-0.25, -0.2) is 8.78 Å². The zero-order chi connectivity index (χ0) is 26.9. The molecule has 0 radical (unpaired) electrons. The number of hydrogen-bond donors (Lipinski definition) is 0. The van der Waals surface area contributed by atoms with E-state index in [0.29, 0.717) is 36.1 Å². The van der Waals surface area contributed by atoms with Gasteiger partial charge in [0.25, 0.3) is 0 Å². The molecule has 0 heterocycles. The summed E-state index contributed by atoms with van der Waals surface area (Å²) in [5, 5.41) is 0. The van der Waals surface area contributed by atoms with Gasteiger partial charge >= 0.3 is 11.9 Å². The van der Waals surface area contributed by atoms with E-state index < -0.39 is 17.6 Å². The molecule has 0 bridgehead atoms. The highest BCUT2D eigenvalue weighted by Gasteiger charge is 2.11. The van der Waals surface area contributed by atoms with E-state index in [0.717, 1.165) is 17.2 Å². The number of rotatable bonds is 10. The number of hydrogen-bond acceptors (Lipinski definition) is 4. The van der Waals surface area contributed by atoms with Gasteiger partial charge in [0.15, 0.2) is 0 Å². The second-order valence-electron chi connectivity index (χ2n) is 9.05. The summed E-state index contributed by atoms with van der Waals surface area (Å²) in [7, 11) is 0. The van der Waals surface area contributed by atoms with Gasteiger partial charge in [-0.2, -0.15) is 0 Å². The summed E-state index contributed by atoms with van der Waals surface area (Å²) < 4.78 is 38.2. The molecule has 4 aromatic carbocycles. The number of unbranched alkanes of at least 4 members (excludes halogenated alkanes) is 2. The predicted molar refractivity (Wildman–Crippen MR) is 143 cm³/mol. The highest BCUT2D eigenvalue weighted by molar-refractivity contribution is 5.74. The molecule has 194 valence electrons. The van der Waals surface area contributed by atoms with Crippen LogP contribution in [0.2, 0.25) is 0 Å². The van der Waals surface area contributed by atoms with Crippen molar-refractivity contribution in [2.24, 2.45) is 0 Å². The van der Waals surface area contributed by atoms with Gasteiger partial charge in [0.2, 0.25) is 0 Å². The van der Waals surface area contributed by atoms with Gasteiger partial charge in [-0.15, -0.1) is 0 Å². The Morgan fingerprint density at radius 2 is 1.11 bits per heavy atom. The number of carbonyl (C=O) groups excluding carboxylic acids is 2. The Balaban J connectivity index is 1.15. The molecule has 38 heavy (non-hydrogen) atoms. The summed E-state index contributed by atoms with van der Waals surface area (Å²) >= 11 is 0. The van der Waals surface area contributed by atoms with E-state index in [9.17, 15) is 18.4 Å². The zero-order valence-corrected chi connectivity index (χ0v) is 21.1. The minimum absolute atomic E-state index is 0.107. The van der Waals surface area contributed by atoms with Crippen molar-refractivity contribution in [2.75, 3.05) is 0 Å². The molecule has 0 atom stereocenters. The van der Waals surface area contributed by atoms with Crippen LogP contribution >= 0.6 is 0 Å². The maximum atomic E-state index is 14.5. The van der Waals surface area contributed by atoms with Crippen molar-refractivity contribution < 1.29 is 27.8 Å². The Labute approximate surface area is 220 Å². The van der Waals surface area contributed by atoms with Crippen LogP contribution in [0.3, 0.4) is 0 Å². The fraction of sp³-hybridized carbons (Fsp3) is 0.188. The minimum atomic E-state index is -0.565. The predicted octanol–water partition coefficient (Wildman–Crippen LogP) is 8.07. The molecule has 0 spiro atoms. The van der Waals surface area contributed by atoms with Crippen molar-refractivity contribution in [3.05, 3.63) is 108 Å². The van der Waals surface area contributed by atoms with E-state index >= 15 is 0 Å². The fourth-order valence-corrected chi connectivity index (χ4v) is 3.96. The van der Waals surface area contributed by atoms with Crippen LogP contribution < -0.4 is 9.47 Å².